The highest BCUT2D eigenvalue weighted by Gasteiger charge is 2.18. The van der Waals surface area contributed by atoms with Crippen LogP contribution in [-0.4, -0.2) is 17.2 Å². The fraction of sp³-hybridized carbons (Fsp3) is 0.375. The lowest BCUT2D eigenvalue weighted by molar-refractivity contribution is 0.140. The monoisotopic (exact) mass is 267 g/mol. The van der Waals surface area contributed by atoms with Crippen LogP contribution in [0.5, 0.6) is 5.88 Å². The SMILES string of the molecule is COc1cc(Br)c(CO)c(C(F)F)n1. The van der Waals surface area contributed by atoms with Crippen molar-refractivity contribution in [1.82, 2.24) is 4.98 Å². The minimum Gasteiger partial charge on any atom is -0.481 e. The molecule has 0 bridgehead atoms. The lowest BCUT2D eigenvalue weighted by Gasteiger charge is -2.09. The van der Waals surface area contributed by atoms with Crippen molar-refractivity contribution in [3.63, 3.8) is 0 Å². The van der Waals surface area contributed by atoms with E-state index in [1.54, 1.807) is 0 Å². The maximum Gasteiger partial charge on any atom is 0.280 e. The van der Waals surface area contributed by atoms with Crippen LogP contribution < -0.4 is 4.74 Å². The Morgan fingerprint density at radius 1 is 1.64 bits per heavy atom. The summed E-state index contributed by atoms with van der Waals surface area (Å²) < 4.78 is 30.0. The summed E-state index contributed by atoms with van der Waals surface area (Å²) in [5, 5.41) is 8.87. The van der Waals surface area contributed by atoms with E-state index in [4.69, 9.17) is 9.84 Å². The number of hydrogen-bond donors (Lipinski definition) is 1. The number of aliphatic hydroxyl groups is 1. The number of alkyl halides is 2. The second-order valence-corrected chi connectivity index (χ2v) is 3.32. The Balaban J connectivity index is 3.28. The molecule has 6 heteroatoms. The van der Waals surface area contributed by atoms with E-state index in [9.17, 15) is 8.78 Å². The predicted molar refractivity (Wildman–Crippen MR) is 49.4 cm³/mol. The number of methoxy groups -OCH3 is 1. The average Bonchev–Trinajstić information content (AvgIpc) is 2.16. The third-order valence-electron chi connectivity index (χ3n) is 1.65. The van der Waals surface area contributed by atoms with Crippen molar-refractivity contribution in [3.8, 4) is 5.88 Å². The summed E-state index contributed by atoms with van der Waals surface area (Å²) in [7, 11) is 1.34. The molecule has 0 spiro atoms. The molecule has 0 saturated carbocycles. The zero-order valence-electron chi connectivity index (χ0n) is 7.30. The Bertz CT molecular complexity index is 333. The van der Waals surface area contributed by atoms with Gasteiger partial charge in [-0.1, -0.05) is 15.9 Å². The number of aliphatic hydroxyl groups excluding tert-OH is 1. The number of pyridine rings is 1. The standard InChI is InChI=1S/C8H8BrF2NO2/c1-14-6-2-5(9)4(3-13)7(12-6)8(10)11/h2,8,13H,3H2,1H3. The molecule has 0 amide bonds. The van der Waals surface area contributed by atoms with Crippen LogP contribution in [0.4, 0.5) is 8.78 Å². The molecule has 14 heavy (non-hydrogen) atoms. The Kier molecular flexibility index (Phi) is 3.77. The molecule has 1 heterocycles. The van der Waals surface area contributed by atoms with Crippen LogP contribution in [0.2, 0.25) is 0 Å². The number of hydrogen-bond acceptors (Lipinski definition) is 3. The highest BCUT2D eigenvalue weighted by Crippen LogP contribution is 2.30. The Hall–Kier alpha value is -0.750. The van der Waals surface area contributed by atoms with Crippen LogP contribution in [0.3, 0.4) is 0 Å². The molecule has 78 valence electrons. The summed E-state index contributed by atoms with van der Waals surface area (Å²) in [6.45, 7) is -0.489. The maximum absolute atomic E-state index is 12.5. The zero-order chi connectivity index (χ0) is 10.7. The van der Waals surface area contributed by atoms with Gasteiger partial charge >= 0.3 is 0 Å². The molecule has 0 fully saturated rings. The first-order chi connectivity index (χ1) is 6.60. The van der Waals surface area contributed by atoms with Gasteiger partial charge in [0.25, 0.3) is 6.43 Å². The van der Waals surface area contributed by atoms with Crippen LogP contribution >= 0.6 is 15.9 Å². The van der Waals surface area contributed by atoms with E-state index in [2.05, 4.69) is 20.9 Å². The van der Waals surface area contributed by atoms with E-state index in [0.717, 1.165) is 0 Å². The lowest BCUT2D eigenvalue weighted by atomic mass is 10.2. The second-order valence-electron chi connectivity index (χ2n) is 2.47. The van der Waals surface area contributed by atoms with Crippen LogP contribution in [0.15, 0.2) is 10.5 Å². The molecule has 0 aliphatic carbocycles. The molecule has 0 radical (unpaired) electrons. The number of ether oxygens (including phenoxy) is 1. The number of halogens is 3. The molecule has 3 nitrogen and oxygen atoms in total. The fourth-order valence-electron chi connectivity index (χ4n) is 0.978. The number of aromatic nitrogens is 1. The summed E-state index contributed by atoms with van der Waals surface area (Å²) in [6.07, 6.45) is -2.73. The second kappa shape index (κ2) is 4.65. The highest BCUT2D eigenvalue weighted by molar-refractivity contribution is 9.10. The summed E-state index contributed by atoms with van der Waals surface area (Å²) in [6, 6.07) is 1.43. The van der Waals surface area contributed by atoms with Crippen molar-refractivity contribution in [2.24, 2.45) is 0 Å². The number of rotatable bonds is 3. The van der Waals surface area contributed by atoms with Crippen molar-refractivity contribution in [2.45, 2.75) is 13.0 Å². The van der Waals surface area contributed by atoms with Gasteiger partial charge in [-0.25, -0.2) is 13.8 Å². The van der Waals surface area contributed by atoms with Gasteiger partial charge in [-0.3, -0.25) is 0 Å². The highest BCUT2D eigenvalue weighted by atomic mass is 79.9. The first-order valence-electron chi connectivity index (χ1n) is 3.72. The normalized spacial score (nSPS) is 10.7. The van der Waals surface area contributed by atoms with E-state index in [1.165, 1.54) is 13.2 Å². The number of nitrogens with zero attached hydrogens (tertiary/aromatic N) is 1. The van der Waals surface area contributed by atoms with Gasteiger partial charge in [0.15, 0.2) is 0 Å². The van der Waals surface area contributed by atoms with Crippen molar-refractivity contribution in [3.05, 3.63) is 21.8 Å². The van der Waals surface area contributed by atoms with Gasteiger partial charge in [0.1, 0.15) is 5.69 Å². The van der Waals surface area contributed by atoms with Crippen molar-refractivity contribution in [2.75, 3.05) is 7.11 Å². The largest absolute Gasteiger partial charge is 0.481 e. The summed E-state index contributed by atoms with van der Waals surface area (Å²) in [4.78, 5) is 3.56. The van der Waals surface area contributed by atoms with E-state index in [-0.39, 0.29) is 11.4 Å². The first kappa shape index (κ1) is 11.3. The molecule has 0 aliphatic heterocycles. The van der Waals surface area contributed by atoms with Gasteiger partial charge in [0, 0.05) is 16.1 Å². The molecular formula is C8H8BrF2NO2. The predicted octanol–water partition coefficient (Wildman–Crippen LogP) is 2.28. The summed E-state index contributed by atoms with van der Waals surface area (Å²) in [5.41, 5.74) is -0.375. The minimum atomic E-state index is -2.73. The Morgan fingerprint density at radius 3 is 2.71 bits per heavy atom. The lowest BCUT2D eigenvalue weighted by Crippen LogP contribution is -2.02. The van der Waals surface area contributed by atoms with Crippen LogP contribution in [0.1, 0.15) is 17.7 Å². The van der Waals surface area contributed by atoms with Gasteiger partial charge in [-0.15, -0.1) is 0 Å². The maximum atomic E-state index is 12.5. The molecule has 0 atom stereocenters. The van der Waals surface area contributed by atoms with Gasteiger partial charge < -0.3 is 9.84 Å². The zero-order valence-corrected chi connectivity index (χ0v) is 8.88. The van der Waals surface area contributed by atoms with Crippen LogP contribution in [0, 0.1) is 0 Å². The third kappa shape index (κ3) is 2.19. The molecule has 1 N–H and O–H groups in total. The smallest absolute Gasteiger partial charge is 0.280 e. The molecule has 0 unspecified atom stereocenters. The molecule has 0 aliphatic rings. The molecule has 1 rings (SSSR count). The summed E-state index contributed by atoms with van der Waals surface area (Å²) >= 11 is 3.05. The van der Waals surface area contributed by atoms with Gasteiger partial charge in [0.05, 0.1) is 13.7 Å². The fourth-order valence-corrected chi connectivity index (χ4v) is 1.50. The summed E-state index contributed by atoms with van der Waals surface area (Å²) in [5.74, 6) is 0.0874. The van der Waals surface area contributed by atoms with E-state index in [1.807, 2.05) is 0 Å². The topological polar surface area (TPSA) is 42.4 Å². The first-order valence-corrected chi connectivity index (χ1v) is 4.51. The van der Waals surface area contributed by atoms with Crippen molar-refractivity contribution >= 4 is 15.9 Å². The van der Waals surface area contributed by atoms with Crippen molar-refractivity contribution in [1.29, 1.82) is 0 Å². The Labute approximate surface area is 87.9 Å². The third-order valence-corrected chi connectivity index (χ3v) is 2.36. The Morgan fingerprint density at radius 2 is 2.29 bits per heavy atom. The van der Waals surface area contributed by atoms with Gasteiger partial charge in [-0.2, -0.15) is 0 Å². The molecule has 1 aromatic rings. The van der Waals surface area contributed by atoms with Gasteiger partial charge in [-0.05, 0) is 0 Å². The molecular weight excluding hydrogens is 260 g/mol. The van der Waals surface area contributed by atoms with Crippen LogP contribution in [-0.2, 0) is 6.61 Å². The van der Waals surface area contributed by atoms with E-state index >= 15 is 0 Å². The molecule has 0 aromatic carbocycles. The van der Waals surface area contributed by atoms with E-state index in [0.29, 0.717) is 4.47 Å². The van der Waals surface area contributed by atoms with Gasteiger partial charge in [0.2, 0.25) is 5.88 Å². The quantitative estimate of drug-likeness (QED) is 0.914. The van der Waals surface area contributed by atoms with E-state index < -0.39 is 18.7 Å². The average molecular weight is 268 g/mol. The van der Waals surface area contributed by atoms with Crippen molar-refractivity contribution < 1.29 is 18.6 Å². The molecule has 1 aromatic heterocycles. The van der Waals surface area contributed by atoms with Crippen LogP contribution in [0.25, 0.3) is 0 Å². The molecule has 0 saturated heterocycles. The minimum absolute atomic E-state index is 0.0841.